The van der Waals surface area contributed by atoms with Gasteiger partial charge in [-0.2, -0.15) is 0 Å². The Morgan fingerprint density at radius 3 is 2.21 bits per heavy atom. The average molecular weight is 267 g/mol. The zero-order valence-corrected chi connectivity index (χ0v) is 12.5. The molecule has 2 aliphatic rings. The van der Waals surface area contributed by atoms with Crippen LogP contribution >= 0.6 is 0 Å². The van der Waals surface area contributed by atoms with E-state index in [0.29, 0.717) is 11.3 Å². The summed E-state index contributed by atoms with van der Waals surface area (Å²) in [6.07, 6.45) is 9.08. The molecule has 1 unspecified atom stereocenters. The van der Waals surface area contributed by atoms with Gasteiger partial charge < -0.3 is 10.0 Å². The van der Waals surface area contributed by atoms with Crippen LogP contribution in [0.15, 0.2) is 0 Å². The highest BCUT2D eigenvalue weighted by Crippen LogP contribution is 2.43. The van der Waals surface area contributed by atoms with Gasteiger partial charge in [0.2, 0.25) is 0 Å². The second-order valence-electron chi connectivity index (χ2n) is 7.25. The average Bonchev–Trinajstić information content (AvgIpc) is 2.52. The lowest BCUT2D eigenvalue weighted by Crippen LogP contribution is -2.57. The topological polar surface area (TPSA) is 40.5 Å². The molecule has 1 spiro atoms. The van der Waals surface area contributed by atoms with Gasteiger partial charge in [-0.25, -0.2) is 0 Å². The summed E-state index contributed by atoms with van der Waals surface area (Å²) in [6.45, 7) is 7.27. The van der Waals surface area contributed by atoms with Gasteiger partial charge in [0.1, 0.15) is 0 Å². The Labute approximate surface area is 117 Å². The van der Waals surface area contributed by atoms with E-state index in [1.165, 1.54) is 38.5 Å². The largest absolute Gasteiger partial charge is 0.481 e. The fourth-order valence-electron chi connectivity index (χ4n) is 3.96. The molecule has 0 aromatic carbocycles. The van der Waals surface area contributed by atoms with Crippen molar-refractivity contribution < 1.29 is 9.90 Å². The molecular weight excluding hydrogens is 238 g/mol. The minimum absolute atomic E-state index is 0.178. The van der Waals surface area contributed by atoms with Crippen LogP contribution in [0.3, 0.4) is 0 Å². The maximum Gasteiger partial charge on any atom is 0.307 e. The molecule has 1 saturated carbocycles. The lowest BCUT2D eigenvalue weighted by atomic mass is 9.73. The number of hydrogen-bond acceptors (Lipinski definition) is 2. The Hall–Kier alpha value is -0.570. The SMILES string of the molecule is CC(C)CC(CN1CC2(CCCCCC2)C1)C(=O)O. The molecule has 3 nitrogen and oxygen atoms in total. The highest BCUT2D eigenvalue weighted by Gasteiger charge is 2.43. The van der Waals surface area contributed by atoms with Crippen LogP contribution in [0.4, 0.5) is 0 Å². The van der Waals surface area contributed by atoms with Gasteiger partial charge in [0.15, 0.2) is 0 Å². The van der Waals surface area contributed by atoms with E-state index in [9.17, 15) is 9.90 Å². The van der Waals surface area contributed by atoms with Gasteiger partial charge in [-0.3, -0.25) is 4.79 Å². The minimum atomic E-state index is -0.615. The molecular formula is C16H29NO2. The molecule has 1 atom stereocenters. The van der Waals surface area contributed by atoms with E-state index in [2.05, 4.69) is 18.7 Å². The summed E-state index contributed by atoms with van der Waals surface area (Å²) in [5.74, 6) is -0.326. The summed E-state index contributed by atoms with van der Waals surface area (Å²) < 4.78 is 0. The number of nitrogens with zero attached hydrogens (tertiary/aromatic N) is 1. The van der Waals surface area contributed by atoms with Crippen LogP contribution in [0.5, 0.6) is 0 Å². The van der Waals surface area contributed by atoms with E-state index in [-0.39, 0.29) is 5.92 Å². The molecule has 1 aliphatic carbocycles. The number of carboxylic acid groups (broad SMARTS) is 1. The predicted molar refractivity (Wildman–Crippen MR) is 77.2 cm³/mol. The van der Waals surface area contributed by atoms with E-state index in [4.69, 9.17) is 0 Å². The Morgan fingerprint density at radius 2 is 1.74 bits per heavy atom. The first kappa shape index (κ1) is 14.8. The van der Waals surface area contributed by atoms with Crippen molar-refractivity contribution in [3.8, 4) is 0 Å². The van der Waals surface area contributed by atoms with E-state index < -0.39 is 5.97 Å². The number of likely N-dealkylation sites (tertiary alicyclic amines) is 1. The van der Waals surface area contributed by atoms with E-state index in [1.807, 2.05) is 0 Å². The molecule has 0 aromatic heterocycles. The number of hydrogen-bond donors (Lipinski definition) is 1. The molecule has 0 amide bonds. The lowest BCUT2D eigenvalue weighted by molar-refractivity contribution is -0.144. The van der Waals surface area contributed by atoms with Crippen molar-refractivity contribution >= 4 is 5.97 Å². The Balaban J connectivity index is 1.80. The van der Waals surface area contributed by atoms with Crippen LogP contribution in [-0.4, -0.2) is 35.6 Å². The third-order valence-corrected chi connectivity index (χ3v) is 4.87. The molecule has 1 aliphatic heterocycles. The van der Waals surface area contributed by atoms with Crippen molar-refractivity contribution in [3.05, 3.63) is 0 Å². The van der Waals surface area contributed by atoms with Gasteiger partial charge in [0.25, 0.3) is 0 Å². The number of carbonyl (C=O) groups is 1. The zero-order valence-electron chi connectivity index (χ0n) is 12.5. The van der Waals surface area contributed by atoms with Crippen molar-refractivity contribution in [2.45, 2.75) is 58.8 Å². The molecule has 2 fully saturated rings. The Bertz CT molecular complexity index is 298. The molecule has 2 rings (SSSR count). The Kier molecular flexibility index (Phi) is 4.88. The van der Waals surface area contributed by atoms with Crippen LogP contribution in [0.1, 0.15) is 58.8 Å². The summed E-state index contributed by atoms with van der Waals surface area (Å²) in [7, 11) is 0. The van der Waals surface area contributed by atoms with Gasteiger partial charge in [0, 0.05) is 19.6 Å². The summed E-state index contributed by atoms with van der Waals surface area (Å²) in [5.41, 5.74) is 0.553. The highest BCUT2D eigenvalue weighted by atomic mass is 16.4. The summed E-state index contributed by atoms with van der Waals surface area (Å²) in [5, 5.41) is 9.31. The Morgan fingerprint density at radius 1 is 1.16 bits per heavy atom. The van der Waals surface area contributed by atoms with Crippen LogP contribution in [-0.2, 0) is 4.79 Å². The molecule has 110 valence electrons. The molecule has 3 heteroatoms. The first-order valence-electron chi connectivity index (χ1n) is 7.96. The standard InChI is InChI=1S/C16H29NO2/c1-13(2)9-14(15(18)19)10-17-11-16(12-17)7-5-3-4-6-8-16/h13-14H,3-12H2,1-2H3,(H,18,19). The molecule has 19 heavy (non-hydrogen) atoms. The van der Waals surface area contributed by atoms with Crippen molar-refractivity contribution in [2.75, 3.05) is 19.6 Å². The van der Waals surface area contributed by atoms with E-state index in [1.54, 1.807) is 0 Å². The first-order valence-corrected chi connectivity index (χ1v) is 7.96. The minimum Gasteiger partial charge on any atom is -0.481 e. The summed E-state index contributed by atoms with van der Waals surface area (Å²) >= 11 is 0. The van der Waals surface area contributed by atoms with Gasteiger partial charge in [-0.15, -0.1) is 0 Å². The fourth-order valence-corrected chi connectivity index (χ4v) is 3.96. The molecule has 1 N–H and O–H groups in total. The maximum atomic E-state index is 11.3. The van der Waals surface area contributed by atoms with Gasteiger partial charge in [-0.1, -0.05) is 39.5 Å². The second-order valence-corrected chi connectivity index (χ2v) is 7.25. The molecule has 0 aromatic rings. The van der Waals surface area contributed by atoms with Crippen LogP contribution in [0.25, 0.3) is 0 Å². The summed E-state index contributed by atoms with van der Waals surface area (Å²) in [6, 6.07) is 0. The highest BCUT2D eigenvalue weighted by molar-refractivity contribution is 5.70. The van der Waals surface area contributed by atoms with E-state index >= 15 is 0 Å². The van der Waals surface area contributed by atoms with Gasteiger partial charge in [0.05, 0.1) is 5.92 Å². The molecule has 1 heterocycles. The van der Waals surface area contributed by atoms with Crippen molar-refractivity contribution in [3.63, 3.8) is 0 Å². The predicted octanol–water partition coefficient (Wildman–Crippen LogP) is 3.39. The smallest absolute Gasteiger partial charge is 0.307 e. The normalized spacial score (nSPS) is 25.0. The number of carboxylic acids is 1. The van der Waals surface area contributed by atoms with Crippen molar-refractivity contribution in [2.24, 2.45) is 17.3 Å². The summed E-state index contributed by atoms with van der Waals surface area (Å²) in [4.78, 5) is 13.7. The van der Waals surface area contributed by atoms with Crippen molar-refractivity contribution in [1.82, 2.24) is 4.90 Å². The van der Waals surface area contributed by atoms with Crippen LogP contribution < -0.4 is 0 Å². The van der Waals surface area contributed by atoms with Gasteiger partial charge in [-0.05, 0) is 30.6 Å². The lowest BCUT2D eigenvalue weighted by Gasteiger charge is -2.51. The third-order valence-electron chi connectivity index (χ3n) is 4.87. The quantitative estimate of drug-likeness (QED) is 0.830. The maximum absolute atomic E-state index is 11.3. The zero-order chi connectivity index (χ0) is 13.9. The second kappa shape index (κ2) is 6.25. The molecule has 0 radical (unpaired) electrons. The molecule has 1 saturated heterocycles. The van der Waals surface area contributed by atoms with Gasteiger partial charge >= 0.3 is 5.97 Å². The van der Waals surface area contributed by atoms with Crippen molar-refractivity contribution in [1.29, 1.82) is 0 Å². The fraction of sp³-hybridized carbons (Fsp3) is 0.938. The third kappa shape index (κ3) is 3.95. The van der Waals surface area contributed by atoms with Crippen LogP contribution in [0, 0.1) is 17.3 Å². The number of rotatable bonds is 5. The van der Waals surface area contributed by atoms with E-state index in [0.717, 1.165) is 26.1 Å². The number of aliphatic carboxylic acids is 1. The molecule has 0 bridgehead atoms. The van der Waals surface area contributed by atoms with Crippen LogP contribution in [0.2, 0.25) is 0 Å². The first-order chi connectivity index (χ1) is 9.01. The monoisotopic (exact) mass is 267 g/mol.